The number of fused-ring (bicyclic) bond motifs is 1. The van der Waals surface area contributed by atoms with Gasteiger partial charge in [-0.15, -0.1) is 0 Å². The first-order chi connectivity index (χ1) is 15.5. The Bertz CT molecular complexity index is 1310. The summed E-state index contributed by atoms with van der Waals surface area (Å²) in [4.78, 5) is 28.2. The molecule has 3 rings (SSSR count). The fourth-order valence-corrected chi connectivity index (χ4v) is 3.18. The van der Waals surface area contributed by atoms with E-state index in [0.717, 1.165) is 16.7 Å². The molecule has 0 spiro atoms. The number of aliphatic imine (C=N–C) groups is 1. The third-order valence-corrected chi connectivity index (χ3v) is 4.89. The highest BCUT2D eigenvalue weighted by Gasteiger charge is 2.33. The molecule has 3 N–H and O–H groups in total. The second-order valence-corrected chi connectivity index (χ2v) is 7.18. The quantitative estimate of drug-likeness (QED) is 0.323. The van der Waals surface area contributed by atoms with Gasteiger partial charge in [0, 0.05) is 34.1 Å². The van der Waals surface area contributed by atoms with Gasteiger partial charge >= 0.3 is 6.18 Å². The Morgan fingerprint density at radius 1 is 1.18 bits per heavy atom. The summed E-state index contributed by atoms with van der Waals surface area (Å²) in [6.07, 6.45) is -1.22. The number of amides is 1. The Labute approximate surface area is 188 Å². The van der Waals surface area contributed by atoms with Crippen molar-refractivity contribution in [2.75, 3.05) is 11.1 Å². The molecular formula is C23H21F3N6O. The van der Waals surface area contributed by atoms with Gasteiger partial charge in [0.1, 0.15) is 5.70 Å². The first-order valence-corrected chi connectivity index (χ1v) is 9.77. The predicted molar refractivity (Wildman–Crippen MR) is 123 cm³/mol. The van der Waals surface area contributed by atoms with Crippen molar-refractivity contribution in [2.24, 2.45) is 4.99 Å². The van der Waals surface area contributed by atoms with Crippen LogP contribution in [0, 0.1) is 13.8 Å². The number of alkyl halides is 3. The van der Waals surface area contributed by atoms with Crippen LogP contribution in [0.4, 0.5) is 24.8 Å². The average molecular weight is 454 g/mol. The molecule has 0 bridgehead atoms. The zero-order valence-corrected chi connectivity index (χ0v) is 18.2. The van der Waals surface area contributed by atoms with Crippen LogP contribution in [0.1, 0.15) is 18.2 Å². The summed E-state index contributed by atoms with van der Waals surface area (Å²) >= 11 is 0. The Morgan fingerprint density at radius 3 is 2.55 bits per heavy atom. The predicted octanol–water partition coefficient (Wildman–Crippen LogP) is 4.92. The maximum atomic E-state index is 13.0. The van der Waals surface area contributed by atoms with Crippen molar-refractivity contribution in [1.82, 2.24) is 15.0 Å². The number of nitrogens with zero attached hydrogens (tertiary/aromatic N) is 4. The van der Waals surface area contributed by atoms with Gasteiger partial charge in [-0.2, -0.15) is 18.2 Å². The molecule has 3 aromatic rings. The highest BCUT2D eigenvalue weighted by atomic mass is 19.4. The topological polar surface area (TPSA) is 106 Å². The minimum Gasteiger partial charge on any atom is -0.368 e. The zero-order chi connectivity index (χ0) is 24.3. The SMILES string of the molecule is C=N/C(=C\C(=C/C)C(=O)Nc1ccc(C)c(-c2cc3cnc(N)nc3nc2C)c1)C(F)(F)F. The maximum absolute atomic E-state index is 13.0. The van der Waals surface area contributed by atoms with Crippen molar-refractivity contribution in [2.45, 2.75) is 26.9 Å². The molecule has 0 unspecified atom stereocenters. The van der Waals surface area contributed by atoms with Crippen molar-refractivity contribution in [3.05, 3.63) is 65.1 Å². The largest absolute Gasteiger partial charge is 0.433 e. The van der Waals surface area contributed by atoms with E-state index in [2.05, 4.69) is 32.0 Å². The molecule has 0 aliphatic heterocycles. The number of rotatable bonds is 5. The molecule has 0 aliphatic carbocycles. The number of allylic oxidation sites excluding steroid dienone is 2. The molecular weight excluding hydrogens is 433 g/mol. The van der Waals surface area contributed by atoms with Gasteiger partial charge in [-0.1, -0.05) is 12.1 Å². The molecule has 10 heteroatoms. The van der Waals surface area contributed by atoms with Gasteiger partial charge in [0.25, 0.3) is 5.91 Å². The summed E-state index contributed by atoms with van der Waals surface area (Å²) < 4.78 is 38.9. The molecule has 0 atom stereocenters. The molecule has 0 saturated carbocycles. The van der Waals surface area contributed by atoms with Gasteiger partial charge in [-0.05, 0) is 62.9 Å². The molecule has 0 fully saturated rings. The molecule has 33 heavy (non-hydrogen) atoms. The summed E-state index contributed by atoms with van der Waals surface area (Å²) in [5, 5.41) is 3.32. The molecule has 0 saturated heterocycles. The maximum Gasteiger partial charge on any atom is 0.433 e. The number of hydrogen-bond donors (Lipinski definition) is 2. The lowest BCUT2D eigenvalue weighted by atomic mass is 9.98. The van der Waals surface area contributed by atoms with E-state index >= 15 is 0 Å². The number of nitrogen functional groups attached to an aromatic ring is 1. The van der Waals surface area contributed by atoms with Gasteiger partial charge < -0.3 is 11.1 Å². The van der Waals surface area contributed by atoms with Crippen LogP contribution in [0.2, 0.25) is 0 Å². The van der Waals surface area contributed by atoms with Crippen molar-refractivity contribution >= 4 is 35.3 Å². The van der Waals surface area contributed by atoms with Crippen LogP contribution < -0.4 is 11.1 Å². The van der Waals surface area contributed by atoms with Gasteiger partial charge in [0.15, 0.2) is 5.65 Å². The number of carbonyl (C=O) groups is 1. The Morgan fingerprint density at radius 2 is 1.91 bits per heavy atom. The highest BCUT2D eigenvalue weighted by Crippen LogP contribution is 2.31. The number of aromatic nitrogens is 3. The molecule has 1 aromatic carbocycles. The monoisotopic (exact) mass is 454 g/mol. The smallest absolute Gasteiger partial charge is 0.368 e. The zero-order valence-electron chi connectivity index (χ0n) is 18.2. The second kappa shape index (κ2) is 9.19. The number of pyridine rings is 1. The van der Waals surface area contributed by atoms with E-state index in [-0.39, 0.29) is 11.5 Å². The average Bonchev–Trinajstić information content (AvgIpc) is 2.74. The van der Waals surface area contributed by atoms with Gasteiger partial charge in [0.05, 0.1) is 0 Å². The van der Waals surface area contributed by atoms with E-state index in [4.69, 9.17) is 5.73 Å². The van der Waals surface area contributed by atoms with E-state index in [9.17, 15) is 18.0 Å². The Kier molecular flexibility index (Phi) is 6.57. The molecule has 0 aliphatic rings. The van der Waals surface area contributed by atoms with Crippen molar-refractivity contribution in [3.63, 3.8) is 0 Å². The third kappa shape index (κ3) is 5.22. The number of carbonyl (C=O) groups excluding carboxylic acids is 1. The molecule has 2 aromatic heterocycles. The third-order valence-electron chi connectivity index (χ3n) is 4.89. The van der Waals surface area contributed by atoms with Crippen molar-refractivity contribution < 1.29 is 18.0 Å². The molecule has 7 nitrogen and oxygen atoms in total. The normalized spacial score (nSPS) is 12.7. The number of nitrogens with two attached hydrogens (primary N) is 1. The fourth-order valence-electron chi connectivity index (χ4n) is 3.18. The van der Waals surface area contributed by atoms with E-state index in [0.29, 0.717) is 28.5 Å². The molecule has 0 radical (unpaired) electrons. The fraction of sp³-hybridized carbons (Fsp3) is 0.174. The standard InChI is InChI=1S/C23H21F3N6O/c1-5-14(9-19(28-4)23(24,25)26)21(33)31-16-7-6-12(2)17(10-16)18-8-15-11-29-22(27)32-20(15)30-13(18)3/h5-11H,4H2,1-3H3,(H,31,33)(H2,27,29,30,32)/b14-5+,19-9-. The van der Waals surface area contributed by atoms with E-state index in [1.807, 2.05) is 19.9 Å². The molecule has 2 heterocycles. The number of halogens is 3. The van der Waals surface area contributed by atoms with E-state index in [1.54, 1.807) is 24.4 Å². The first kappa shape index (κ1) is 23.6. The minimum atomic E-state index is -4.72. The number of aryl methyl sites for hydroxylation is 2. The lowest BCUT2D eigenvalue weighted by Crippen LogP contribution is -2.16. The Hall–Kier alpha value is -4.08. The van der Waals surface area contributed by atoms with Crippen LogP contribution in [0.25, 0.3) is 22.2 Å². The highest BCUT2D eigenvalue weighted by molar-refractivity contribution is 6.06. The minimum absolute atomic E-state index is 0.122. The second-order valence-electron chi connectivity index (χ2n) is 7.18. The number of benzene rings is 1. The van der Waals surface area contributed by atoms with Gasteiger partial charge in [-0.3, -0.25) is 9.79 Å². The van der Waals surface area contributed by atoms with Crippen LogP contribution in [0.5, 0.6) is 0 Å². The van der Waals surface area contributed by atoms with Crippen molar-refractivity contribution in [3.8, 4) is 11.1 Å². The van der Waals surface area contributed by atoms with Crippen LogP contribution >= 0.6 is 0 Å². The number of anilines is 2. The molecule has 170 valence electrons. The van der Waals surface area contributed by atoms with Gasteiger partial charge in [-0.25, -0.2) is 9.97 Å². The number of hydrogen-bond acceptors (Lipinski definition) is 6. The summed E-state index contributed by atoms with van der Waals surface area (Å²) in [6.45, 7) is 8.11. The van der Waals surface area contributed by atoms with Crippen LogP contribution in [-0.2, 0) is 4.79 Å². The lowest BCUT2D eigenvalue weighted by Gasteiger charge is -2.14. The first-order valence-electron chi connectivity index (χ1n) is 9.77. The lowest BCUT2D eigenvalue weighted by molar-refractivity contribution is -0.112. The van der Waals surface area contributed by atoms with Crippen molar-refractivity contribution in [1.29, 1.82) is 0 Å². The summed E-state index contributed by atoms with van der Waals surface area (Å²) in [5.74, 6) is -0.591. The summed E-state index contributed by atoms with van der Waals surface area (Å²) in [6, 6.07) is 7.06. The van der Waals surface area contributed by atoms with Crippen LogP contribution in [-0.4, -0.2) is 33.8 Å². The summed E-state index contributed by atoms with van der Waals surface area (Å²) in [7, 11) is 0. The summed E-state index contributed by atoms with van der Waals surface area (Å²) in [5.41, 5.74) is 8.23. The van der Waals surface area contributed by atoms with Gasteiger partial charge in [0.2, 0.25) is 5.95 Å². The van der Waals surface area contributed by atoms with E-state index in [1.165, 1.54) is 13.0 Å². The van der Waals surface area contributed by atoms with E-state index < -0.39 is 17.8 Å². The van der Waals surface area contributed by atoms with Crippen LogP contribution in [0.3, 0.4) is 0 Å². The van der Waals surface area contributed by atoms with Crippen LogP contribution in [0.15, 0.2) is 58.9 Å². The molecule has 1 amide bonds. The Balaban J connectivity index is 1.97. The number of nitrogens with one attached hydrogen (secondary N) is 1.